The number of rotatable bonds is 3. The van der Waals surface area contributed by atoms with Crippen LogP contribution in [-0.4, -0.2) is 11.1 Å². The SMILES string of the molecule is C[n+]1c(-c2ccc(C(=O)O)cc2)c2cc(N=[N+]=[N-])ccc2c2ccc(N)cc21. The first kappa shape index (κ1) is 17.3. The Morgan fingerprint density at radius 1 is 1.04 bits per heavy atom. The largest absolute Gasteiger partial charge is 0.478 e. The van der Waals surface area contributed by atoms with E-state index in [9.17, 15) is 9.90 Å². The van der Waals surface area contributed by atoms with Crippen LogP contribution in [0.4, 0.5) is 11.4 Å². The molecule has 0 unspecified atom stereocenters. The van der Waals surface area contributed by atoms with Crippen molar-refractivity contribution >= 4 is 39.0 Å². The highest BCUT2D eigenvalue weighted by atomic mass is 16.4. The van der Waals surface area contributed by atoms with E-state index in [1.165, 1.54) is 0 Å². The molecule has 0 bridgehead atoms. The van der Waals surface area contributed by atoms with E-state index in [-0.39, 0.29) is 5.56 Å². The Kier molecular flexibility index (Phi) is 4.07. The van der Waals surface area contributed by atoms with Crippen LogP contribution in [0.15, 0.2) is 65.8 Å². The quantitative estimate of drug-likeness (QED) is 0.136. The molecule has 3 aromatic carbocycles. The number of nitrogen functional groups attached to an aromatic ring is 1. The van der Waals surface area contributed by atoms with Gasteiger partial charge in [-0.15, -0.1) is 0 Å². The topological polar surface area (TPSA) is 116 Å². The van der Waals surface area contributed by atoms with Crippen LogP contribution in [0.5, 0.6) is 0 Å². The Morgan fingerprint density at radius 3 is 2.43 bits per heavy atom. The first-order valence-electron chi connectivity index (χ1n) is 8.53. The second kappa shape index (κ2) is 6.57. The van der Waals surface area contributed by atoms with Gasteiger partial charge in [-0.3, -0.25) is 0 Å². The van der Waals surface area contributed by atoms with Crippen LogP contribution in [0.3, 0.4) is 0 Å². The predicted octanol–water partition coefficient (Wildman–Crippen LogP) is 4.71. The molecule has 0 aliphatic rings. The van der Waals surface area contributed by atoms with Gasteiger partial charge in [-0.1, -0.05) is 17.2 Å². The summed E-state index contributed by atoms with van der Waals surface area (Å²) >= 11 is 0. The summed E-state index contributed by atoms with van der Waals surface area (Å²) in [6.45, 7) is 0. The highest BCUT2D eigenvalue weighted by Crippen LogP contribution is 2.34. The molecule has 136 valence electrons. The number of benzene rings is 3. The average molecular weight is 370 g/mol. The predicted molar refractivity (Wildman–Crippen MR) is 108 cm³/mol. The fourth-order valence-electron chi connectivity index (χ4n) is 3.55. The van der Waals surface area contributed by atoms with E-state index in [0.29, 0.717) is 11.4 Å². The molecule has 1 aromatic heterocycles. The smallest absolute Gasteiger partial charge is 0.335 e. The number of aryl methyl sites for hydroxylation is 1. The van der Waals surface area contributed by atoms with Crippen molar-refractivity contribution in [1.82, 2.24) is 0 Å². The van der Waals surface area contributed by atoms with Gasteiger partial charge in [-0.2, -0.15) is 4.57 Å². The summed E-state index contributed by atoms with van der Waals surface area (Å²) in [5.74, 6) is -0.974. The van der Waals surface area contributed by atoms with Crippen molar-refractivity contribution in [2.75, 3.05) is 5.73 Å². The molecule has 0 spiro atoms. The summed E-state index contributed by atoms with van der Waals surface area (Å²) in [5, 5.41) is 15.8. The Morgan fingerprint density at radius 2 is 1.75 bits per heavy atom. The third-order valence-electron chi connectivity index (χ3n) is 4.83. The summed E-state index contributed by atoms with van der Waals surface area (Å²) < 4.78 is 2.02. The van der Waals surface area contributed by atoms with Crippen LogP contribution in [0, 0.1) is 0 Å². The fraction of sp³-hybridized carbons (Fsp3) is 0.0476. The van der Waals surface area contributed by atoms with Crippen molar-refractivity contribution in [2.24, 2.45) is 12.2 Å². The van der Waals surface area contributed by atoms with Crippen molar-refractivity contribution in [2.45, 2.75) is 0 Å². The van der Waals surface area contributed by atoms with E-state index < -0.39 is 5.97 Å². The first-order valence-corrected chi connectivity index (χ1v) is 8.53. The molecular formula is C21H16N5O2+. The minimum Gasteiger partial charge on any atom is -0.478 e. The molecule has 0 amide bonds. The number of carbonyl (C=O) groups is 1. The third-order valence-corrected chi connectivity index (χ3v) is 4.83. The van der Waals surface area contributed by atoms with E-state index in [1.54, 1.807) is 30.3 Å². The zero-order valence-electron chi connectivity index (χ0n) is 15.0. The lowest BCUT2D eigenvalue weighted by Crippen LogP contribution is -2.32. The van der Waals surface area contributed by atoms with Gasteiger partial charge < -0.3 is 10.8 Å². The first-order chi connectivity index (χ1) is 13.5. The number of anilines is 1. The highest BCUT2D eigenvalue weighted by molar-refractivity contribution is 6.10. The molecule has 0 fully saturated rings. The molecule has 3 N–H and O–H groups in total. The molecule has 0 aliphatic carbocycles. The molecule has 0 radical (unpaired) electrons. The van der Waals surface area contributed by atoms with Gasteiger partial charge in [0.2, 0.25) is 11.2 Å². The number of nitrogens with zero attached hydrogens (tertiary/aromatic N) is 4. The van der Waals surface area contributed by atoms with Crippen LogP contribution in [-0.2, 0) is 7.05 Å². The van der Waals surface area contributed by atoms with E-state index in [4.69, 9.17) is 11.3 Å². The molecule has 4 aromatic rings. The molecule has 0 saturated carbocycles. The summed E-state index contributed by atoms with van der Waals surface area (Å²) in [5.41, 5.74) is 18.9. The molecule has 0 saturated heterocycles. The standard InChI is InChI=1S/C21H15N5O2/c1-26-19-10-14(22)6-8-17(19)16-9-7-15(24-25-23)11-18(16)20(26)12-2-4-13(5-3-12)21(27)28/h2-11,22H,1H3,(H,27,28)/p+1. The van der Waals surface area contributed by atoms with Crippen molar-refractivity contribution in [3.05, 3.63) is 76.7 Å². The average Bonchev–Trinajstić information content (AvgIpc) is 2.69. The zero-order valence-corrected chi connectivity index (χ0v) is 15.0. The molecule has 28 heavy (non-hydrogen) atoms. The number of fused-ring (bicyclic) bond motifs is 3. The van der Waals surface area contributed by atoms with Crippen LogP contribution >= 0.6 is 0 Å². The molecule has 7 nitrogen and oxygen atoms in total. The van der Waals surface area contributed by atoms with E-state index in [1.807, 2.05) is 41.9 Å². The minimum atomic E-state index is -0.974. The molecule has 0 atom stereocenters. The van der Waals surface area contributed by atoms with Gasteiger partial charge in [0.15, 0.2) is 0 Å². The number of nitrogens with two attached hydrogens (primary N) is 1. The van der Waals surface area contributed by atoms with Gasteiger partial charge in [0.25, 0.3) is 0 Å². The summed E-state index contributed by atoms with van der Waals surface area (Å²) in [4.78, 5) is 14.1. The number of hydrogen-bond donors (Lipinski definition) is 2. The van der Waals surface area contributed by atoms with Crippen LogP contribution in [0.1, 0.15) is 10.4 Å². The van der Waals surface area contributed by atoms with Crippen LogP contribution in [0.25, 0.3) is 43.4 Å². The summed E-state index contributed by atoms with van der Waals surface area (Å²) in [6, 6.07) is 18.0. The number of aromatic nitrogens is 1. The number of carboxylic acid groups (broad SMARTS) is 1. The Bertz CT molecular complexity index is 1310. The van der Waals surface area contributed by atoms with Crippen LogP contribution < -0.4 is 10.3 Å². The van der Waals surface area contributed by atoms with Crippen molar-refractivity contribution < 1.29 is 14.5 Å². The molecular weight excluding hydrogens is 354 g/mol. The Labute approximate surface area is 159 Å². The molecule has 4 rings (SSSR count). The maximum Gasteiger partial charge on any atom is 0.335 e. The fourth-order valence-corrected chi connectivity index (χ4v) is 3.55. The summed E-state index contributed by atoms with van der Waals surface area (Å²) in [6.07, 6.45) is 0. The van der Waals surface area contributed by atoms with Gasteiger partial charge in [0, 0.05) is 33.3 Å². The lowest BCUT2D eigenvalue weighted by molar-refractivity contribution is -0.632. The van der Waals surface area contributed by atoms with Gasteiger partial charge in [0.05, 0.1) is 16.3 Å². The maximum absolute atomic E-state index is 11.2. The van der Waals surface area contributed by atoms with Crippen LogP contribution in [0.2, 0.25) is 0 Å². The second-order valence-corrected chi connectivity index (χ2v) is 6.49. The van der Waals surface area contributed by atoms with Gasteiger partial charge in [-0.05, 0) is 48.0 Å². The Hall–Kier alpha value is -4.09. The second-order valence-electron chi connectivity index (χ2n) is 6.49. The van der Waals surface area contributed by atoms with Crippen molar-refractivity contribution in [3.63, 3.8) is 0 Å². The molecule has 0 aliphatic heterocycles. The number of hydrogen-bond acceptors (Lipinski definition) is 3. The van der Waals surface area contributed by atoms with Crippen molar-refractivity contribution in [3.8, 4) is 11.3 Å². The van der Waals surface area contributed by atoms with E-state index in [0.717, 1.165) is 32.9 Å². The van der Waals surface area contributed by atoms with E-state index >= 15 is 0 Å². The number of aromatic carboxylic acids is 1. The monoisotopic (exact) mass is 370 g/mol. The number of azide groups is 1. The molecule has 1 heterocycles. The lowest BCUT2D eigenvalue weighted by Gasteiger charge is -2.11. The zero-order chi connectivity index (χ0) is 19.8. The summed E-state index contributed by atoms with van der Waals surface area (Å²) in [7, 11) is 1.93. The van der Waals surface area contributed by atoms with Crippen molar-refractivity contribution in [1.29, 1.82) is 0 Å². The third kappa shape index (κ3) is 2.76. The van der Waals surface area contributed by atoms with Gasteiger partial charge in [-0.25, -0.2) is 4.79 Å². The maximum atomic E-state index is 11.2. The van der Waals surface area contributed by atoms with Gasteiger partial charge >= 0.3 is 5.97 Å². The van der Waals surface area contributed by atoms with E-state index in [2.05, 4.69) is 10.0 Å². The number of pyridine rings is 1. The minimum absolute atomic E-state index is 0.218. The normalized spacial score (nSPS) is 10.8. The highest BCUT2D eigenvalue weighted by Gasteiger charge is 2.21. The number of carboxylic acids is 1. The Balaban J connectivity index is 2.14. The lowest BCUT2D eigenvalue weighted by atomic mass is 9.98. The van der Waals surface area contributed by atoms with Gasteiger partial charge in [0.1, 0.15) is 7.05 Å². The molecule has 7 heteroatoms.